The average molecular weight is 286 g/mol. The first-order valence-electron chi connectivity index (χ1n) is 6.76. The van der Waals surface area contributed by atoms with Crippen molar-refractivity contribution in [2.24, 2.45) is 12.5 Å². The quantitative estimate of drug-likeness (QED) is 0.783. The van der Waals surface area contributed by atoms with Crippen LogP contribution < -0.4 is 5.32 Å². The van der Waals surface area contributed by atoms with Crippen molar-refractivity contribution in [1.29, 1.82) is 0 Å². The lowest BCUT2D eigenvalue weighted by atomic mass is 9.88. The lowest BCUT2D eigenvalue weighted by molar-refractivity contribution is 0.0925. The first-order chi connectivity index (χ1) is 8.89. The van der Waals surface area contributed by atoms with E-state index in [2.05, 4.69) is 24.3 Å². The van der Waals surface area contributed by atoms with Crippen LogP contribution in [0.25, 0.3) is 0 Å². The van der Waals surface area contributed by atoms with Crippen molar-refractivity contribution in [3.05, 3.63) is 17.5 Å². The van der Waals surface area contributed by atoms with Gasteiger partial charge in [-0.2, -0.15) is 5.10 Å². The van der Waals surface area contributed by atoms with Gasteiger partial charge in [-0.15, -0.1) is 11.6 Å². The van der Waals surface area contributed by atoms with E-state index in [1.54, 1.807) is 11.7 Å². The SMILES string of the molecule is CCc1cc(C(=O)NCC(C)(C)CCCCl)n(C)n1. The van der Waals surface area contributed by atoms with E-state index in [9.17, 15) is 4.79 Å². The topological polar surface area (TPSA) is 46.9 Å². The second kappa shape index (κ2) is 6.94. The van der Waals surface area contributed by atoms with Crippen molar-refractivity contribution in [2.45, 2.75) is 40.0 Å². The minimum Gasteiger partial charge on any atom is -0.350 e. The number of hydrogen-bond acceptors (Lipinski definition) is 2. The van der Waals surface area contributed by atoms with Crippen LogP contribution in [0, 0.1) is 5.41 Å². The van der Waals surface area contributed by atoms with Crippen LogP contribution in [0.3, 0.4) is 0 Å². The summed E-state index contributed by atoms with van der Waals surface area (Å²) >= 11 is 5.71. The first kappa shape index (κ1) is 16.0. The number of hydrogen-bond donors (Lipinski definition) is 1. The molecule has 1 aromatic rings. The van der Waals surface area contributed by atoms with Crippen LogP contribution in [0.5, 0.6) is 0 Å². The molecule has 0 unspecified atom stereocenters. The Morgan fingerprint density at radius 3 is 2.74 bits per heavy atom. The number of nitrogens with zero attached hydrogens (tertiary/aromatic N) is 2. The number of carbonyl (C=O) groups is 1. The zero-order valence-corrected chi connectivity index (χ0v) is 13.0. The highest BCUT2D eigenvalue weighted by molar-refractivity contribution is 6.17. The van der Waals surface area contributed by atoms with E-state index in [1.165, 1.54) is 0 Å². The Balaban J connectivity index is 2.57. The largest absolute Gasteiger partial charge is 0.350 e. The fraction of sp³-hybridized carbons (Fsp3) is 0.714. The molecule has 1 N–H and O–H groups in total. The Hall–Kier alpha value is -1.03. The number of rotatable bonds is 7. The van der Waals surface area contributed by atoms with E-state index in [4.69, 9.17) is 11.6 Å². The normalized spacial score (nSPS) is 11.6. The van der Waals surface area contributed by atoms with Crippen molar-refractivity contribution in [2.75, 3.05) is 12.4 Å². The van der Waals surface area contributed by atoms with Crippen molar-refractivity contribution < 1.29 is 4.79 Å². The Labute approximate surface area is 120 Å². The molecule has 0 fully saturated rings. The molecule has 0 saturated carbocycles. The van der Waals surface area contributed by atoms with E-state index in [-0.39, 0.29) is 11.3 Å². The summed E-state index contributed by atoms with van der Waals surface area (Å²) in [5, 5.41) is 7.27. The van der Waals surface area contributed by atoms with Gasteiger partial charge in [0.15, 0.2) is 0 Å². The first-order valence-corrected chi connectivity index (χ1v) is 7.30. The molecule has 0 radical (unpaired) electrons. The molecule has 1 rings (SSSR count). The van der Waals surface area contributed by atoms with E-state index in [0.717, 1.165) is 25.0 Å². The Bertz CT molecular complexity index is 426. The number of nitrogens with one attached hydrogen (secondary N) is 1. The molecule has 1 heterocycles. The number of aromatic nitrogens is 2. The summed E-state index contributed by atoms with van der Waals surface area (Å²) in [4.78, 5) is 12.1. The Kier molecular flexibility index (Phi) is 5.85. The van der Waals surface area contributed by atoms with Crippen LogP contribution >= 0.6 is 11.6 Å². The van der Waals surface area contributed by atoms with Crippen molar-refractivity contribution >= 4 is 17.5 Å². The standard InChI is InChI=1S/C14H24ClN3O/c1-5-11-9-12(18(4)17-11)13(19)16-10-14(2,3)7-6-8-15/h9H,5-8,10H2,1-4H3,(H,16,19). The van der Waals surface area contributed by atoms with Gasteiger partial charge < -0.3 is 5.32 Å². The zero-order valence-electron chi connectivity index (χ0n) is 12.3. The molecule has 0 aromatic carbocycles. The number of halogens is 1. The van der Waals surface area contributed by atoms with Crippen molar-refractivity contribution in [1.82, 2.24) is 15.1 Å². The third-order valence-electron chi connectivity index (χ3n) is 3.24. The van der Waals surface area contributed by atoms with Gasteiger partial charge in [0.2, 0.25) is 0 Å². The van der Waals surface area contributed by atoms with Crippen molar-refractivity contribution in [3.63, 3.8) is 0 Å². The summed E-state index contributed by atoms with van der Waals surface area (Å²) in [6, 6.07) is 1.85. The zero-order chi connectivity index (χ0) is 14.5. The van der Waals surface area contributed by atoms with Crippen molar-refractivity contribution in [3.8, 4) is 0 Å². The lowest BCUT2D eigenvalue weighted by Crippen LogP contribution is -2.35. The predicted octanol–water partition coefficient (Wildman–Crippen LogP) is 2.76. The molecule has 5 heteroatoms. The second-order valence-corrected chi connectivity index (χ2v) is 6.02. The maximum atomic E-state index is 12.1. The van der Waals surface area contributed by atoms with E-state index in [1.807, 2.05) is 13.0 Å². The smallest absolute Gasteiger partial charge is 0.269 e. The molecule has 1 aromatic heterocycles. The molecule has 0 saturated heterocycles. The number of carbonyl (C=O) groups excluding carboxylic acids is 1. The van der Waals surface area contributed by atoms with Crippen LogP contribution in [0.1, 0.15) is 49.8 Å². The van der Waals surface area contributed by atoms with Gasteiger partial charge in [0.1, 0.15) is 5.69 Å². The van der Waals surface area contributed by atoms with Crippen LogP contribution in [0.2, 0.25) is 0 Å². The van der Waals surface area contributed by atoms with E-state index in [0.29, 0.717) is 18.1 Å². The molecule has 4 nitrogen and oxygen atoms in total. The third kappa shape index (κ3) is 4.86. The Morgan fingerprint density at radius 2 is 2.21 bits per heavy atom. The highest BCUT2D eigenvalue weighted by atomic mass is 35.5. The molecule has 0 aliphatic rings. The highest BCUT2D eigenvalue weighted by Crippen LogP contribution is 2.21. The summed E-state index contributed by atoms with van der Waals surface area (Å²) in [7, 11) is 1.80. The van der Waals surface area contributed by atoms with Crippen LogP contribution in [-0.2, 0) is 13.5 Å². The van der Waals surface area contributed by atoms with Gasteiger partial charge in [-0.25, -0.2) is 0 Å². The molecule has 0 aliphatic carbocycles. The molecule has 19 heavy (non-hydrogen) atoms. The minimum absolute atomic E-state index is 0.0614. The van der Waals surface area contributed by atoms with Crippen LogP contribution in [0.15, 0.2) is 6.07 Å². The second-order valence-electron chi connectivity index (χ2n) is 5.64. The molecule has 0 aliphatic heterocycles. The summed E-state index contributed by atoms with van der Waals surface area (Å²) < 4.78 is 1.64. The van der Waals surface area contributed by atoms with Gasteiger partial charge in [-0.1, -0.05) is 20.8 Å². The lowest BCUT2D eigenvalue weighted by Gasteiger charge is -2.24. The van der Waals surface area contributed by atoms with Gasteiger partial charge in [0, 0.05) is 19.5 Å². The third-order valence-corrected chi connectivity index (χ3v) is 3.51. The minimum atomic E-state index is -0.0614. The summed E-state index contributed by atoms with van der Waals surface area (Å²) in [6.45, 7) is 6.95. The highest BCUT2D eigenvalue weighted by Gasteiger charge is 2.20. The summed E-state index contributed by atoms with van der Waals surface area (Å²) in [5.41, 5.74) is 1.62. The van der Waals surface area contributed by atoms with Crippen LogP contribution in [-0.4, -0.2) is 28.1 Å². The number of amides is 1. The van der Waals surface area contributed by atoms with E-state index >= 15 is 0 Å². The van der Waals surface area contributed by atoms with Crippen LogP contribution in [0.4, 0.5) is 0 Å². The Morgan fingerprint density at radius 1 is 1.53 bits per heavy atom. The maximum Gasteiger partial charge on any atom is 0.269 e. The predicted molar refractivity (Wildman–Crippen MR) is 78.7 cm³/mol. The van der Waals surface area contributed by atoms with Gasteiger partial charge in [-0.3, -0.25) is 9.48 Å². The molecule has 1 amide bonds. The van der Waals surface area contributed by atoms with Gasteiger partial charge >= 0.3 is 0 Å². The molecule has 0 bridgehead atoms. The molecular formula is C14H24ClN3O. The summed E-state index contributed by atoms with van der Waals surface area (Å²) in [6.07, 6.45) is 2.81. The monoisotopic (exact) mass is 285 g/mol. The average Bonchev–Trinajstić information content (AvgIpc) is 2.75. The molecular weight excluding hydrogens is 262 g/mol. The molecule has 0 atom stereocenters. The fourth-order valence-electron chi connectivity index (χ4n) is 1.96. The molecule has 0 spiro atoms. The number of alkyl halides is 1. The van der Waals surface area contributed by atoms with Gasteiger partial charge in [0.25, 0.3) is 5.91 Å². The maximum absolute atomic E-state index is 12.1. The summed E-state index contributed by atoms with van der Waals surface area (Å²) in [5.74, 6) is 0.604. The number of aryl methyl sites for hydroxylation is 2. The van der Waals surface area contributed by atoms with Gasteiger partial charge in [-0.05, 0) is 30.7 Å². The van der Waals surface area contributed by atoms with Gasteiger partial charge in [0.05, 0.1) is 5.69 Å². The molecule has 108 valence electrons. The fourth-order valence-corrected chi connectivity index (χ4v) is 2.09. The van der Waals surface area contributed by atoms with E-state index < -0.39 is 0 Å².